The maximum absolute atomic E-state index is 4.56. The van der Waals surface area contributed by atoms with E-state index in [9.17, 15) is 0 Å². The number of hydrogen-bond donors (Lipinski definition) is 1. The Morgan fingerprint density at radius 3 is 3.05 bits per heavy atom. The number of amidine groups is 1. The van der Waals surface area contributed by atoms with Crippen molar-refractivity contribution >= 4 is 27.8 Å². The van der Waals surface area contributed by atoms with Gasteiger partial charge in [-0.05, 0) is 24.0 Å². The second-order valence-corrected chi connectivity index (χ2v) is 6.24. The maximum atomic E-state index is 4.56. The molecule has 0 fully saturated rings. The summed E-state index contributed by atoms with van der Waals surface area (Å²) in [7, 11) is 0. The van der Waals surface area contributed by atoms with Crippen LogP contribution in [0.4, 0.5) is 0 Å². The van der Waals surface area contributed by atoms with Gasteiger partial charge in [0.15, 0.2) is 5.17 Å². The van der Waals surface area contributed by atoms with Gasteiger partial charge >= 0.3 is 0 Å². The summed E-state index contributed by atoms with van der Waals surface area (Å²) < 4.78 is 0. The molecule has 3 nitrogen and oxygen atoms in total. The molecule has 2 heterocycles. The van der Waals surface area contributed by atoms with E-state index in [2.05, 4.69) is 46.5 Å². The van der Waals surface area contributed by atoms with Gasteiger partial charge < -0.3 is 5.32 Å². The summed E-state index contributed by atoms with van der Waals surface area (Å²) in [5.74, 6) is 1.87. The van der Waals surface area contributed by atoms with E-state index in [0.29, 0.717) is 5.92 Å². The van der Waals surface area contributed by atoms with Crippen LogP contribution in [0.15, 0.2) is 41.5 Å². The molecule has 0 saturated heterocycles. The minimum atomic E-state index is 0.702. The molecule has 0 aliphatic carbocycles. The molecular formula is C16H19N3S. The van der Waals surface area contributed by atoms with Gasteiger partial charge in [-0.1, -0.05) is 43.0 Å². The molecule has 4 heteroatoms. The highest BCUT2D eigenvalue weighted by Gasteiger charge is 2.11. The third kappa shape index (κ3) is 3.12. The van der Waals surface area contributed by atoms with E-state index in [0.717, 1.165) is 30.2 Å². The predicted molar refractivity (Wildman–Crippen MR) is 87.4 cm³/mol. The number of fused-ring (bicyclic) bond motifs is 1. The summed E-state index contributed by atoms with van der Waals surface area (Å²) >= 11 is 1.83. The van der Waals surface area contributed by atoms with Crippen LogP contribution in [0.5, 0.6) is 0 Å². The summed E-state index contributed by atoms with van der Waals surface area (Å²) in [5.41, 5.74) is 2.41. The molecule has 0 saturated carbocycles. The molecule has 0 spiro atoms. The molecule has 1 aromatic heterocycles. The molecule has 3 rings (SSSR count). The Labute approximate surface area is 123 Å². The lowest BCUT2D eigenvalue weighted by molar-refractivity contribution is 0.669. The summed E-state index contributed by atoms with van der Waals surface area (Å²) in [6.45, 7) is 4.11. The molecule has 1 atom stereocenters. The van der Waals surface area contributed by atoms with Gasteiger partial charge in [-0.3, -0.25) is 9.98 Å². The van der Waals surface area contributed by atoms with Crippen LogP contribution in [0.1, 0.15) is 12.5 Å². The first-order chi connectivity index (χ1) is 9.83. The van der Waals surface area contributed by atoms with Crippen molar-refractivity contribution in [1.82, 2.24) is 10.3 Å². The zero-order valence-corrected chi connectivity index (χ0v) is 12.5. The number of para-hydroxylation sites is 1. The Hall–Kier alpha value is -1.55. The number of pyridine rings is 1. The molecule has 1 N–H and O–H groups in total. The largest absolute Gasteiger partial charge is 0.365 e. The van der Waals surface area contributed by atoms with Crippen molar-refractivity contribution in [2.24, 2.45) is 10.9 Å². The molecule has 1 aromatic carbocycles. The quantitative estimate of drug-likeness (QED) is 0.941. The highest BCUT2D eigenvalue weighted by Crippen LogP contribution is 2.17. The molecule has 20 heavy (non-hydrogen) atoms. The Bertz CT molecular complexity index is 619. The molecule has 0 amide bonds. The molecule has 0 radical (unpaired) electrons. The first-order valence-corrected chi connectivity index (χ1v) is 8.05. The van der Waals surface area contributed by atoms with Gasteiger partial charge in [0, 0.05) is 30.4 Å². The summed E-state index contributed by atoms with van der Waals surface area (Å²) in [6.07, 6.45) is 2.84. The maximum Gasteiger partial charge on any atom is 0.156 e. The van der Waals surface area contributed by atoms with Gasteiger partial charge in [-0.2, -0.15) is 0 Å². The van der Waals surface area contributed by atoms with Crippen LogP contribution < -0.4 is 5.32 Å². The molecule has 1 unspecified atom stereocenters. The minimum Gasteiger partial charge on any atom is -0.365 e. The van der Waals surface area contributed by atoms with Crippen LogP contribution in [0, 0.1) is 5.92 Å². The molecule has 1 aliphatic heterocycles. The number of thioether (sulfide) groups is 1. The van der Waals surface area contributed by atoms with Crippen LogP contribution in [0.3, 0.4) is 0 Å². The number of nitrogens with zero attached hydrogens (tertiary/aromatic N) is 2. The SMILES string of the molecule is CC1CN=C(NCCc2cccc3cccnc23)SC1. The lowest BCUT2D eigenvalue weighted by Gasteiger charge is -2.17. The van der Waals surface area contributed by atoms with Gasteiger partial charge in [0.2, 0.25) is 0 Å². The average molecular weight is 285 g/mol. The van der Waals surface area contributed by atoms with Crippen molar-refractivity contribution in [3.63, 3.8) is 0 Å². The molecule has 2 aromatic rings. The molecule has 1 aliphatic rings. The predicted octanol–water partition coefficient (Wildman–Crippen LogP) is 3.11. The molecule has 0 bridgehead atoms. The topological polar surface area (TPSA) is 37.3 Å². The highest BCUT2D eigenvalue weighted by molar-refractivity contribution is 8.13. The van der Waals surface area contributed by atoms with Crippen molar-refractivity contribution in [2.45, 2.75) is 13.3 Å². The Balaban J connectivity index is 1.63. The number of aromatic nitrogens is 1. The Morgan fingerprint density at radius 1 is 1.30 bits per heavy atom. The lowest BCUT2D eigenvalue weighted by Crippen LogP contribution is -2.27. The summed E-state index contributed by atoms with van der Waals surface area (Å²) in [4.78, 5) is 9.05. The van der Waals surface area contributed by atoms with Crippen LogP contribution in [-0.4, -0.2) is 29.0 Å². The van der Waals surface area contributed by atoms with E-state index < -0.39 is 0 Å². The second kappa shape index (κ2) is 6.27. The first-order valence-electron chi connectivity index (χ1n) is 7.06. The third-order valence-corrected chi connectivity index (χ3v) is 4.72. The van der Waals surface area contributed by atoms with Crippen molar-refractivity contribution in [3.05, 3.63) is 42.1 Å². The van der Waals surface area contributed by atoms with E-state index in [-0.39, 0.29) is 0 Å². The van der Waals surface area contributed by atoms with E-state index >= 15 is 0 Å². The standard InChI is InChI=1S/C16H19N3S/c1-12-10-19-16(20-11-12)18-9-7-14-5-2-4-13-6-3-8-17-15(13)14/h2-6,8,12H,7,9-11H2,1H3,(H,18,19). The van der Waals surface area contributed by atoms with Crippen LogP contribution in [-0.2, 0) is 6.42 Å². The first kappa shape index (κ1) is 13.4. The van der Waals surface area contributed by atoms with Gasteiger partial charge in [0.1, 0.15) is 0 Å². The van der Waals surface area contributed by atoms with E-state index in [1.165, 1.54) is 16.7 Å². The minimum absolute atomic E-state index is 0.702. The summed E-state index contributed by atoms with van der Waals surface area (Å²) in [6, 6.07) is 10.5. The van der Waals surface area contributed by atoms with Gasteiger partial charge in [0.05, 0.1) is 5.52 Å². The zero-order valence-electron chi connectivity index (χ0n) is 11.7. The highest BCUT2D eigenvalue weighted by atomic mass is 32.2. The van der Waals surface area contributed by atoms with Crippen LogP contribution >= 0.6 is 11.8 Å². The van der Waals surface area contributed by atoms with Gasteiger partial charge in [0.25, 0.3) is 0 Å². The molecule has 104 valence electrons. The van der Waals surface area contributed by atoms with Crippen molar-refractivity contribution in [2.75, 3.05) is 18.8 Å². The number of hydrogen-bond acceptors (Lipinski definition) is 4. The Kier molecular flexibility index (Phi) is 4.21. The fourth-order valence-electron chi connectivity index (χ4n) is 2.34. The van der Waals surface area contributed by atoms with Crippen molar-refractivity contribution in [3.8, 4) is 0 Å². The normalized spacial score (nSPS) is 18.9. The second-order valence-electron chi connectivity index (χ2n) is 5.23. The monoisotopic (exact) mass is 285 g/mol. The smallest absolute Gasteiger partial charge is 0.156 e. The van der Waals surface area contributed by atoms with Crippen molar-refractivity contribution < 1.29 is 0 Å². The number of benzene rings is 1. The van der Waals surface area contributed by atoms with E-state index in [1.54, 1.807) is 0 Å². The number of nitrogens with one attached hydrogen (secondary N) is 1. The third-order valence-electron chi connectivity index (χ3n) is 3.44. The average Bonchev–Trinajstić information content (AvgIpc) is 2.49. The Morgan fingerprint density at radius 2 is 2.20 bits per heavy atom. The van der Waals surface area contributed by atoms with Gasteiger partial charge in [-0.25, -0.2) is 0 Å². The summed E-state index contributed by atoms with van der Waals surface area (Å²) in [5, 5.41) is 5.75. The van der Waals surface area contributed by atoms with Crippen molar-refractivity contribution in [1.29, 1.82) is 0 Å². The zero-order chi connectivity index (χ0) is 13.8. The fraction of sp³-hybridized carbons (Fsp3) is 0.375. The van der Waals surface area contributed by atoms with E-state index in [4.69, 9.17) is 0 Å². The fourth-order valence-corrected chi connectivity index (χ4v) is 3.26. The van der Waals surface area contributed by atoms with Gasteiger partial charge in [-0.15, -0.1) is 0 Å². The molecular weight excluding hydrogens is 266 g/mol. The van der Waals surface area contributed by atoms with Crippen LogP contribution in [0.2, 0.25) is 0 Å². The number of rotatable bonds is 3. The van der Waals surface area contributed by atoms with E-state index in [1.807, 2.05) is 24.0 Å². The van der Waals surface area contributed by atoms with Crippen LogP contribution in [0.25, 0.3) is 10.9 Å². The lowest BCUT2D eigenvalue weighted by atomic mass is 10.1. The number of aliphatic imine (C=N–C) groups is 1.